The van der Waals surface area contributed by atoms with Crippen LogP contribution in [0.15, 0.2) is 71.5 Å². The van der Waals surface area contributed by atoms with Gasteiger partial charge in [-0.2, -0.15) is 5.26 Å². The molecule has 0 spiro atoms. The van der Waals surface area contributed by atoms with Crippen molar-refractivity contribution < 1.29 is 23.9 Å². The van der Waals surface area contributed by atoms with E-state index in [4.69, 9.17) is 21.1 Å². The molecule has 0 unspecified atom stereocenters. The standard InChI is InChI=1S/C45H53ClN8O6/c1-44(2)41(45(3,4)42(44)60-34-17-14-31(28-47)35(46)27-34)49-39(56)29-12-15-32(16-13-29)53-23-21-52(22-24-53)20-7-6-8-25-59-33-11-9-10-30(26-33)38-50-54(43(58)51(38)5)36-18-19-37(55)48-40(36)57/h9-17,26-27,36,41-42H,6-8,18-25H2,1-5H3,(H,49,56)(H,48,55,57)/t36-,41?,42?/m1/s1. The lowest BCUT2D eigenvalue weighted by atomic mass is 9.49. The van der Waals surface area contributed by atoms with Crippen molar-refractivity contribution in [1.29, 1.82) is 5.26 Å². The van der Waals surface area contributed by atoms with Gasteiger partial charge in [0.25, 0.3) is 11.8 Å². The van der Waals surface area contributed by atoms with Crippen molar-refractivity contribution in [3.05, 3.63) is 93.4 Å². The van der Waals surface area contributed by atoms with Gasteiger partial charge in [0.2, 0.25) is 5.91 Å². The second-order valence-electron chi connectivity index (χ2n) is 17.2. The van der Waals surface area contributed by atoms with Gasteiger partial charge in [-0.1, -0.05) is 51.4 Å². The number of nitrogens with one attached hydrogen (secondary N) is 2. The molecule has 60 heavy (non-hydrogen) atoms. The van der Waals surface area contributed by atoms with E-state index in [1.807, 2.05) is 48.5 Å². The highest BCUT2D eigenvalue weighted by Crippen LogP contribution is 2.55. The van der Waals surface area contributed by atoms with Crippen LogP contribution in [0, 0.1) is 22.2 Å². The number of carbonyl (C=O) groups is 3. The summed E-state index contributed by atoms with van der Waals surface area (Å²) < 4.78 is 15.0. The number of aromatic nitrogens is 3. The minimum atomic E-state index is -0.821. The topological polar surface area (TPSA) is 164 Å². The molecule has 0 radical (unpaired) electrons. The monoisotopic (exact) mass is 836 g/mol. The highest BCUT2D eigenvalue weighted by atomic mass is 35.5. The Morgan fingerprint density at radius 2 is 1.68 bits per heavy atom. The third-order valence-electron chi connectivity index (χ3n) is 12.3. The van der Waals surface area contributed by atoms with Crippen molar-refractivity contribution in [2.75, 3.05) is 44.2 Å². The molecule has 2 saturated heterocycles. The molecule has 2 aliphatic heterocycles. The number of benzene rings is 3. The number of piperazine rings is 1. The number of hydrogen-bond acceptors (Lipinski definition) is 10. The highest BCUT2D eigenvalue weighted by Gasteiger charge is 2.64. The summed E-state index contributed by atoms with van der Waals surface area (Å²) in [6, 6.07) is 21.5. The number of anilines is 1. The summed E-state index contributed by atoms with van der Waals surface area (Å²) in [7, 11) is 1.61. The molecule has 3 aromatic carbocycles. The van der Waals surface area contributed by atoms with Crippen molar-refractivity contribution in [1.82, 2.24) is 29.9 Å². The zero-order chi connectivity index (χ0) is 42.8. The Labute approximate surface area is 355 Å². The maximum Gasteiger partial charge on any atom is 0.346 e. The fourth-order valence-corrected chi connectivity index (χ4v) is 9.43. The lowest BCUT2D eigenvalue weighted by Gasteiger charge is -2.63. The van der Waals surface area contributed by atoms with Gasteiger partial charge in [0.1, 0.15) is 29.7 Å². The van der Waals surface area contributed by atoms with Gasteiger partial charge in [-0.05, 0) is 80.8 Å². The summed E-state index contributed by atoms with van der Waals surface area (Å²) in [5.74, 6) is 0.729. The maximum absolute atomic E-state index is 13.5. The van der Waals surface area contributed by atoms with Crippen LogP contribution < -0.4 is 30.7 Å². The number of piperidine rings is 1. The number of halogens is 1. The zero-order valence-electron chi connectivity index (χ0n) is 34.9. The molecule has 2 N–H and O–H groups in total. The Bertz CT molecular complexity index is 2320. The van der Waals surface area contributed by atoms with E-state index in [1.165, 1.54) is 4.57 Å². The van der Waals surface area contributed by atoms with Gasteiger partial charge in [0.15, 0.2) is 5.82 Å². The van der Waals surface area contributed by atoms with Crippen LogP contribution in [0.5, 0.6) is 11.5 Å². The molecule has 3 aliphatic rings. The smallest absolute Gasteiger partial charge is 0.346 e. The third-order valence-corrected chi connectivity index (χ3v) is 12.6. The summed E-state index contributed by atoms with van der Waals surface area (Å²) in [5, 5.41) is 19.6. The normalized spacial score (nSPS) is 21.1. The Morgan fingerprint density at radius 3 is 2.37 bits per heavy atom. The molecule has 1 aromatic heterocycles. The third kappa shape index (κ3) is 8.79. The molecular weight excluding hydrogens is 784 g/mol. The molecule has 3 amide bonds. The van der Waals surface area contributed by atoms with Gasteiger partial charge in [-0.15, -0.1) is 5.10 Å². The second kappa shape index (κ2) is 17.5. The number of rotatable bonds is 14. The second-order valence-corrected chi connectivity index (χ2v) is 17.6. The van der Waals surface area contributed by atoms with Crippen molar-refractivity contribution in [3.63, 3.8) is 0 Å². The number of nitriles is 1. The van der Waals surface area contributed by atoms with E-state index in [2.05, 4.69) is 59.3 Å². The van der Waals surface area contributed by atoms with Crippen molar-refractivity contribution in [3.8, 4) is 29.0 Å². The summed E-state index contributed by atoms with van der Waals surface area (Å²) >= 11 is 6.25. The molecule has 3 heterocycles. The SMILES string of the molecule is Cn1c(-c2cccc(OCCCCCN3CCN(c4ccc(C(=O)NC5C(C)(C)C(Oc6ccc(C#N)c(Cl)c6)C5(C)C)cc4)CC3)c2)nn([C@@H]2CCC(=O)NC2=O)c1=O. The summed E-state index contributed by atoms with van der Waals surface area (Å²) in [6.07, 6.45) is 3.22. The lowest BCUT2D eigenvalue weighted by Crippen LogP contribution is -2.74. The highest BCUT2D eigenvalue weighted by molar-refractivity contribution is 6.31. The van der Waals surface area contributed by atoms with Crippen LogP contribution in [0.1, 0.15) is 81.8 Å². The number of imide groups is 1. The van der Waals surface area contributed by atoms with Crippen LogP contribution in [-0.4, -0.2) is 88.4 Å². The van der Waals surface area contributed by atoms with E-state index < -0.39 is 17.6 Å². The Hall–Kier alpha value is -5.65. The fraction of sp³-hybridized carbons (Fsp3) is 0.467. The van der Waals surface area contributed by atoms with Crippen LogP contribution in [0.4, 0.5) is 5.69 Å². The average Bonchev–Trinajstić information content (AvgIpc) is 3.53. The van der Waals surface area contributed by atoms with Crippen molar-refractivity contribution in [2.24, 2.45) is 17.9 Å². The van der Waals surface area contributed by atoms with Gasteiger partial charge in [-0.25, -0.2) is 9.48 Å². The molecule has 1 saturated carbocycles. The first kappa shape index (κ1) is 42.5. The largest absolute Gasteiger partial charge is 0.494 e. The Morgan fingerprint density at radius 1 is 0.950 bits per heavy atom. The predicted octanol–water partition coefficient (Wildman–Crippen LogP) is 5.73. The molecule has 7 rings (SSSR count). The van der Waals surface area contributed by atoms with E-state index >= 15 is 0 Å². The first-order valence-corrected chi connectivity index (χ1v) is 21.0. The number of hydrogen-bond donors (Lipinski definition) is 2. The Balaban J connectivity index is 0.815. The summed E-state index contributed by atoms with van der Waals surface area (Å²) in [5.41, 5.74) is 1.72. The van der Waals surface area contributed by atoms with E-state index in [0.29, 0.717) is 45.6 Å². The number of unbranched alkanes of at least 4 members (excludes halogenated alkanes) is 2. The van der Waals surface area contributed by atoms with E-state index in [9.17, 15) is 24.4 Å². The van der Waals surface area contributed by atoms with Crippen LogP contribution in [-0.2, 0) is 16.6 Å². The molecule has 0 bridgehead atoms. The molecule has 14 nitrogen and oxygen atoms in total. The quantitative estimate of drug-likeness (QED) is 0.118. The first-order chi connectivity index (χ1) is 28.7. The van der Waals surface area contributed by atoms with Gasteiger partial charge in [0, 0.05) is 79.4 Å². The van der Waals surface area contributed by atoms with E-state index in [-0.39, 0.29) is 47.6 Å². The van der Waals surface area contributed by atoms with Crippen LogP contribution >= 0.6 is 11.6 Å². The molecular formula is C45H53ClN8O6. The predicted molar refractivity (Wildman–Crippen MR) is 228 cm³/mol. The van der Waals surface area contributed by atoms with Crippen molar-refractivity contribution >= 4 is 35.0 Å². The molecule has 3 fully saturated rings. The summed E-state index contributed by atoms with van der Waals surface area (Å²) in [4.78, 5) is 55.2. The molecule has 15 heteroatoms. The fourth-order valence-electron chi connectivity index (χ4n) is 9.22. The van der Waals surface area contributed by atoms with Gasteiger partial charge < -0.3 is 19.7 Å². The molecule has 1 aliphatic carbocycles. The zero-order valence-corrected chi connectivity index (χ0v) is 35.6. The van der Waals surface area contributed by atoms with Gasteiger partial charge >= 0.3 is 5.69 Å². The van der Waals surface area contributed by atoms with Crippen LogP contribution in [0.2, 0.25) is 5.02 Å². The minimum absolute atomic E-state index is 0.110. The average molecular weight is 837 g/mol. The molecule has 1 atom stereocenters. The van der Waals surface area contributed by atoms with Crippen LogP contribution in [0.3, 0.4) is 0 Å². The number of nitrogens with zero attached hydrogens (tertiary/aromatic N) is 6. The first-order valence-electron chi connectivity index (χ1n) is 20.6. The summed E-state index contributed by atoms with van der Waals surface area (Å²) in [6.45, 7) is 13.7. The maximum atomic E-state index is 13.5. The minimum Gasteiger partial charge on any atom is -0.494 e. The van der Waals surface area contributed by atoms with E-state index in [0.717, 1.165) is 62.4 Å². The Kier molecular flexibility index (Phi) is 12.4. The van der Waals surface area contributed by atoms with Gasteiger partial charge in [0.05, 0.1) is 17.2 Å². The number of ether oxygens (including phenoxy) is 2. The number of amides is 3. The molecule has 4 aromatic rings. The van der Waals surface area contributed by atoms with Crippen molar-refractivity contribution in [2.45, 2.75) is 78.0 Å². The van der Waals surface area contributed by atoms with Crippen LogP contribution in [0.25, 0.3) is 11.4 Å². The van der Waals surface area contributed by atoms with E-state index in [1.54, 1.807) is 25.2 Å². The molecule has 316 valence electrons. The lowest BCUT2D eigenvalue weighted by molar-refractivity contribution is -0.164. The van der Waals surface area contributed by atoms with Gasteiger partial charge in [-0.3, -0.25) is 29.2 Å². The number of carbonyl (C=O) groups excluding carboxylic acids is 3.